The minimum atomic E-state index is -0.0919. The molecule has 0 radical (unpaired) electrons. The summed E-state index contributed by atoms with van der Waals surface area (Å²) in [5.74, 6) is 0.277. The Bertz CT molecular complexity index is 382. The number of aliphatic hydroxyl groups excluding tert-OH is 1. The molecule has 0 atom stereocenters. The Morgan fingerprint density at radius 1 is 1.47 bits per heavy atom. The van der Waals surface area contributed by atoms with Gasteiger partial charge in [-0.1, -0.05) is 12.2 Å². The molecule has 15 heavy (non-hydrogen) atoms. The summed E-state index contributed by atoms with van der Waals surface area (Å²) >= 11 is 4.91. The predicted octanol–water partition coefficient (Wildman–Crippen LogP) is 0.0987. The largest absolute Gasteiger partial charge is 0.474 e. The molecule has 0 amide bonds. The second-order valence-corrected chi connectivity index (χ2v) is 3.47. The van der Waals surface area contributed by atoms with Crippen LogP contribution >= 0.6 is 12.2 Å². The maximum Gasteiger partial charge on any atom is 0.244 e. The number of aromatic nitrogens is 2. The zero-order chi connectivity index (χ0) is 11.4. The summed E-state index contributed by atoms with van der Waals surface area (Å²) in [4.78, 5) is 0.221. The summed E-state index contributed by atoms with van der Waals surface area (Å²) in [5.41, 5.74) is 7.78. The molecule has 0 fully saturated rings. The monoisotopic (exact) mass is 227 g/mol. The summed E-state index contributed by atoms with van der Waals surface area (Å²) in [7, 11) is 0. The highest BCUT2D eigenvalue weighted by molar-refractivity contribution is 7.80. The fourth-order valence-corrected chi connectivity index (χ4v) is 1.36. The molecule has 1 heterocycles. The van der Waals surface area contributed by atoms with Gasteiger partial charge in [0.25, 0.3) is 0 Å². The van der Waals surface area contributed by atoms with Gasteiger partial charge in [-0.3, -0.25) is 0 Å². The summed E-state index contributed by atoms with van der Waals surface area (Å²) < 4.78 is 5.19. The molecule has 0 bridgehead atoms. The first kappa shape index (κ1) is 11.8. The van der Waals surface area contributed by atoms with Crippen LogP contribution in [0.3, 0.4) is 0 Å². The number of ether oxygens (including phenoxy) is 1. The van der Waals surface area contributed by atoms with Crippen molar-refractivity contribution in [2.45, 2.75) is 13.8 Å². The smallest absolute Gasteiger partial charge is 0.244 e. The fourth-order valence-electron chi connectivity index (χ4n) is 1.12. The number of aryl methyl sites for hydroxylation is 1. The third-order valence-corrected chi connectivity index (χ3v) is 2.20. The normalized spacial score (nSPS) is 10.1. The Kier molecular flexibility index (Phi) is 3.93. The minimum absolute atomic E-state index is 0.0919. The molecule has 5 nitrogen and oxygen atoms in total. The summed E-state index contributed by atoms with van der Waals surface area (Å²) in [6.45, 7) is 3.72. The van der Waals surface area contributed by atoms with E-state index in [2.05, 4.69) is 10.2 Å². The van der Waals surface area contributed by atoms with Gasteiger partial charge in [-0.05, 0) is 19.4 Å². The van der Waals surface area contributed by atoms with E-state index in [0.717, 1.165) is 11.3 Å². The lowest BCUT2D eigenvalue weighted by Gasteiger charge is -2.11. The molecule has 0 aromatic carbocycles. The number of aliphatic hydroxyl groups is 1. The molecule has 6 heteroatoms. The summed E-state index contributed by atoms with van der Waals surface area (Å²) in [6.07, 6.45) is 0. The van der Waals surface area contributed by atoms with E-state index in [1.807, 2.05) is 13.8 Å². The van der Waals surface area contributed by atoms with Gasteiger partial charge in [0.1, 0.15) is 11.6 Å². The van der Waals surface area contributed by atoms with Crippen molar-refractivity contribution in [1.29, 1.82) is 0 Å². The van der Waals surface area contributed by atoms with E-state index in [1.165, 1.54) is 0 Å². The van der Waals surface area contributed by atoms with Crippen molar-refractivity contribution in [2.24, 2.45) is 5.73 Å². The van der Waals surface area contributed by atoms with Crippen LogP contribution in [0, 0.1) is 13.8 Å². The topological polar surface area (TPSA) is 81.3 Å². The number of hydrogen-bond donors (Lipinski definition) is 2. The lowest BCUT2D eigenvalue weighted by Crippen LogP contribution is -2.17. The van der Waals surface area contributed by atoms with E-state index in [0.29, 0.717) is 5.56 Å². The van der Waals surface area contributed by atoms with Crippen LogP contribution in [0.2, 0.25) is 0 Å². The van der Waals surface area contributed by atoms with Gasteiger partial charge in [-0.2, -0.15) is 5.10 Å². The first-order chi connectivity index (χ1) is 7.07. The van der Waals surface area contributed by atoms with Crippen molar-refractivity contribution in [3.63, 3.8) is 0 Å². The van der Waals surface area contributed by atoms with Gasteiger partial charge in [-0.25, -0.2) is 0 Å². The van der Waals surface area contributed by atoms with E-state index in [9.17, 15) is 0 Å². The maximum atomic E-state index is 8.64. The Labute approximate surface area is 93.3 Å². The van der Waals surface area contributed by atoms with Crippen molar-refractivity contribution in [3.8, 4) is 5.88 Å². The summed E-state index contributed by atoms with van der Waals surface area (Å²) in [6, 6.07) is 0. The second kappa shape index (κ2) is 4.99. The van der Waals surface area contributed by atoms with E-state index < -0.39 is 0 Å². The molecule has 1 aromatic heterocycles. The average molecular weight is 227 g/mol. The zero-order valence-corrected chi connectivity index (χ0v) is 9.47. The van der Waals surface area contributed by atoms with Crippen molar-refractivity contribution >= 4 is 17.2 Å². The van der Waals surface area contributed by atoms with Gasteiger partial charge in [-0.15, -0.1) is 5.10 Å². The molecule has 0 saturated heterocycles. The molecular weight excluding hydrogens is 214 g/mol. The van der Waals surface area contributed by atoms with Gasteiger partial charge in [0.15, 0.2) is 0 Å². The molecule has 0 spiro atoms. The van der Waals surface area contributed by atoms with E-state index >= 15 is 0 Å². The van der Waals surface area contributed by atoms with Crippen LogP contribution in [0.25, 0.3) is 0 Å². The molecule has 0 aliphatic heterocycles. The van der Waals surface area contributed by atoms with Crippen molar-refractivity contribution in [2.75, 3.05) is 13.2 Å². The number of nitrogens with two attached hydrogens (primary N) is 1. The van der Waals surface area contributed by atoms with Crippen LogP contribution in [0.15, 0.2) is 0 Å². The van der Waals surface area contributed by atoms with Crippen LogP contribution in [-0.2, 0) is 0 Å². The van der Waals surface area contributed by atoms with Gasteiger partial charge in [0.2, 0.25) is 5.88 Å². The molecule has 0 saturated carbocycles. The molecule has 0 aliphatic rings. The molecule has 1 aromatic rings. The Balaban J connectivity index is 3.15. The van der Waals surface area contributed by atoms with Crippen molar-refractivity contribution < 1.29 is 9.84 Å². The Hall–Kier alpha value is -1.27. The number of thiocarbonyl (C=S) groups is 1. The number of rotatable bonds is 4. The van der Waals surface area contributed by atoms with Gasteiger partial charge in [0, 0.05) is 0 Å². The molecule has 0 unspecified atom stereocenters. The van der Waals surface area contributed by atoms with Gasteiger partial charge >= 0.3 is 0 Å². The van der Waals surface area contributed by atoms with Crippen LogP contribution in [0.5, 0.6) is 5.88 Å². The highest BCUT2D eigenvalue weighted by Gasteiger charge is 2.14. The van der Waals surface area contributed by atoms with Gasteiger partial charge in [0.05, 0.1) is 17.9 Å². The molecule has 3 N–H and O–H groups in total. The van der Waals surface area contributed by atoms with Crippen LogP contribution < -0.4 is 10.5 Å². The third-order valence-electron chi connectivity index (χ3n) is 2.00. The molecular formula is C9H13N3O2S. The molecule has 1 rings (SSSR count). The number of nitrogens with zero attached hydrogens (tertiary/aromatic N) is 2. The van der Waals surface area contributed by atoms with E-state index in [4.69, 9.17) is 27.8 Å². The fraction of sp³-hybridized carbons (Fsp3) is 0.444. The second-order valence-electron chi connectivity index (χ2n) is 3.03. The van der Waals surface area contributed by atoms with E-state index in [-0.39, 0.29) is 24.1 Å². The maximum absolute atomic E-state index is 8.64. The minimum Gasteiger partial charge on any atom is -0.474 e. The third kappa shape index (κ3) is 2.60. The van der Waals surface area contributed by atoms with Crippen LogP contribution in [0.4, 0.5) is 0 Å². The molecule has 0 aliphatic carbocycles. The number of hydrogen-bond acceptors (Lipinski definition) is 5. The highest BCUT2D eigenvalue weighted by atomic mass is 32.1. The first-order valence-corrected chi connectivity index (χ1v) is 4.86. The average Bonchev–Trinajstić information content (AvgIpc) is 2.19. The predicted molar refractivity (Wildman–Crippen MR) is 60.0 cm³/mol. The van der Waals surface area contributed by atoms with Gasteiger partial charge < -0.3 is 15.6 Å². The lowest BCUT2D eigenvalue weighted by atomic mass is 10.1. The Morgan fingerprint density at radius 3 is 2.67 bits per heavy atom. The van der Waals surface area contributed by atoms with Crippen molar-refractivity contribution in [1.82, 2.24) is 10.2 Å². The van der Waals surface area contributed by atoms with Crippen LogP contribution in [0.1, 0.15) is 16.8 Å². The Morgan fingerprint density at radius 2 is 2.13 bits per heavy atom. The lowest BCUT2D eigenvalue weighted by molar-refractivity contribution is 0.195. The van der Waals surface area contributed by atoms with E-state index in [1.54, 1.807) is 0 Å². The first-order valence-electron chi connectivity index (χ1n) is 4.45. The standard InChI is InChI=1S/C9H13N3O2S/c1-5-6(2)11-12-9(14-4-3-13)7(5)8(10)15/h13H,3-4H2,1-2H3,(H2,10,15). The van der Waals surface area contributed by atoms with Crippen LogP contribution in [-0.4, -0.2) is 33.5 Å². The molecule has 82 valence electrons. The zero-order valence-electron chi connectivity index (χ0n) is 8.65. The van der Waals surface area contributed by atoms with Crippen molar-refractivity contribution in [3.05, 3.63) is 16.8 Å². The summed E-state index contributed by atoms with van der Waals surface area (Å²) in [5, 5.41) is 16.4. The highest BCUT2D eigenvalue weighted by Crippen LogP contribution is 2.20. The quantitative estimate of drug-likeness (QED) is 0.710. The SMILES string of the molecule is Cc1nnc(OCCO)c(C(N)=S)c1C.